The summed E-state index contributed by atoms with van der Waals surface area (Å²) in [5, 5.41) is 0.584. The molecule has 2 rings (SSSR count). The fourth-order valence-electron chi connectivity index (χ4n) is 1.80. The standard InChI is InChI=1S/C14H15ClN2O2S/c1-11(14-4-2-3-9-16-14)17-20(18,19)10-12-5-7-13(15)8-6-12/h2-9,11,17H,10H2,1H3/t11-/m0/s1. The number of rotatable bonds is 5. The van der Waals surface area contributed by atoms with E-state index in [1.807, 2.05) is 6.07 Å². The molecule has 0 saturated heterocycles. The molecule has 1 aromatic heterocycles. The second kappa shape index (κ2) is 6.35. The van der Waals surface area contributed by atoms with E-state index in [1.54, 1.807) is 49.5 Å². The molecule has 1 N–H and O–H groups in total. The third-order valence-electron chi connectivity index (χ3n) is 2.76. The van der Waals surface area contributed by atoms with Crippen LogP contribution in [-0.4, -0.2) is 13.4 Å². The van der Waals surface area contributed by atoms with E-state index in [9.17, 15) is 8.42 Å². The molecular weight excluding hydrogens is 296 g/mol. The second-order valence-corrected chi connectivity index (χ2v) is 6.67. The Balaban J connectivity index is 2.06. The minimum Gasteiger partial charge on any atom is -0.260 e. The first kappa shape index (κ1) is 15.0. The van der Waals surface area contributed by atoms with Crippen molar-refractivity contribution in [1.82, 2.24) is 9.71 Å². The Bertz CT molecular complexity index is 657. The number of hydrogen-bond acceptors (Lipinski definition) is 3. The summed E-state index contributed by atoms with van der Waals surface area (Å²) in [7, 11) is -3.43. The summed E-state index contributed by atoms with van der Waals surface area (Å²) >= 11 is 5.77. The molecule has 0 aliphatic rings. The predicted octanol–water partition coefficient (Wildman–Crippen LogP) is 2.92. The van der Waals surface area contributed by atoms with E-state index >= 15 is 0 Å². The summed E-state index contributed by atoms with van der Waals surface area (Å²) < 4.78 is 26.8. The zero-order valence-electron chi connectivity index (χ0n) is 11.0. The van der Waals surface area contributed by atoms with Gasteiger partial charge in [-0.15, -0.1) is 0 Å². The van der Waals surface area contributed by atoms with Gasteiger partial charge in [-0.3, -0.25) is 4.98 Å². The minimum absolute atomic E-state index is 0.0820. The van der Waals surface area contributed by atoms with Crippen LogP contribution in [0.1, 0.15) is 24.2 Å². The molecule has 1 aromatic carbocycles. The third-order valence-corrected chi connectivity index (χ3v) is 4.44. The van der Waals surface area contributed by atoms with E-state index in [-0.39, 0.29) is 11.8 Å². The SMILES string of the molecule is C[C@H](NS(=O)(=O)Cc1ccc(Cl)cc1)c1ccccn1. The lowest BCUT2D eigenvalue weighted by Crippen LogP contribution is -2.28. The van der Waals surface area contributed by atoms with Crippen molar-refractivity contribution >= 4 is 21.6 Å². The van der Waals surface area contributed by atoms with Crippen molar-refractivity contribution in [1.29, 1.82) is 0 Å². The topological polar surface area (TPSA) is 59.1 Å². The highest BCUT2D eigenvalue weighted by Gasteiger charge is 2.17. The highest BCUT2D eigenvalue weighted by atomic mass is 35.5. The van der Waals surface area contributed by atoms with Crippen LogP contribution in [0.25, 0.3) is 0 Å². The summed E-state index contributed by atoms with van der Waals surface area (Å²) in [5.41, 5.74) is 1.38. The fraction of sp³-hybridized carbons (Fsp3) is 0.214. The van der Waals surface area contributed by atoms with Gasteiger partial charge in [-0.25, -0.2) is 13.1 Å². The van der Waals surface area contributed by atoms with Gasteiger partial charge in [0.05, 0.1) is 17.5 Å². The van der Waals surface area contributed by atoms with Gasteiger partial charge >= 0.3 is 0 Å². The molecule has 0 aliphatic carbocycles. The zero-order chi connectivity index (χ0) is 14.6. The van der Waals surface area contributed by atoms with Crippen LogP contribution in [0.15, 0.2) is 48.7 Å². The monoisotopic (exact) mass is 310 g/mol. The molecule has 2 aromatic rings. The van der Waals surface area contributed by atoms with Crippen LogP contribution in [0.5, 0.6) is 0 Å². The number of hydrogen-bond donors (Lipinski definition) is 1. The highest BCUT2D eigenvalue weighted by Crippen LogP contribution is 2.14. The number of pyridine rings is 1. The van der Waals surface area contributed by atoms with Crippen molar-refractivity contribution < 1.29 is 8.42 Å². The van der Waals surface area contributed by atoms with Gasteiger partial charge in [0.15, 0.2) is 0 Å². The largest absolute Gasteiger partial charge is 0.260 e. The van der Waals surface area contributed by atoms with E-state index in [2.05, 4.69) is 9.71 Å². The van der Waals surface area contributed by atoms with Gasteiger partial charge in [0.2, 0.25) is 10.0 Å². The van der Waals surface area contributed by atoms with E-state index in [0.717, 1.165) is 0 Å². The highest BCUT2D eigenvalue weighted by molar-refractivity contribution is 7.88. The van der Waals surface area contributed by atoms with Crippen molar-refractivity contribution in [3.63, 3.8) is 0 Å². The summed E-state index contributed by atoms with van der Waals surface area (Å²) in [6, 6.07) is 11.8. The molecule has 0 unspecified atom stereocenters. The maximum Gasteiger partial charge on any atom is 0.216 e. The number of halogens is 1. The normalized spacial score (nSPS) is 13.1. The van der Waals surface area contributed by atoms with Crippen LogP contribution in [0, 0.1) is 0 Å². The van der Waals surface area contributed by atoms with E-state index in [4.69, 9.17) is 11.6 Å². The lowest BCUT2D eigenvalue weighted by Gasteiger charge is -2.13. The van der Waals surface area contributed by atoms with Crippen LogP contribution in [0.3, 0.4) is 0 Å². The lowest BCUT2D eigenvalue weighted by atomic mass is 10.2. The van der Waals surface area contributed by atoms with Crippen LogP contribution in [0.2, 0.25) is 5.02 Å². The molecule has 106 valence electrons. The van der Waals surface area contributed by atoms with Crippen molar-refractivity contribution in [3.05, 3.63) is 64.9 Å². The maximum atomic E-state index is 12.1. The average molecular weight is 311 g/mol. The summed E-state index contributed by atoms with van der Waals surface area (Å²) in [5.74, 6) is -0.0820. The number of nitrogens with zero attached hydrogens (tertiary/aromatic N) is 1. The molecule has 0 bridgehead atoms. The van der Waals surface area contributed by atoms with Crippen molar-refractivity contribution in [2.45, 2.75) is 18.7 Å². The molecule has 1 atom stereocenters. The fourth-order valence-corrected chi connectivity index (χ4v) is 3.30. The number of benzene rings is 1. The van der Waals surface area contributed by atoms with Gasteiger partial charge in [0, 0.05) is 11.2 Å². The number of aromatic nitrogens is 1. The molecule has 0 spiro atoms. The predicted molar refractivity (Wildman–Crippen MR) is 79.9 cm³/mol. The Morgan fingerprint density at radius 3 is 2.50 bits per heavy atom. The molecule has 1 heterocycles. The molecule has 6 heteroatoms. The second-order valence-electron chi connectivity index (χ2n) is 4.48. The van der Waals surface area contributed by atoms with Crippen LogP contribution < -0.4 is 4.72 Å². The molecular formula is C14H15ClN2O2S. The summed E-state index contributed by atoms with van der Waals surface area (Å²) in [4.78, 5) is 4.14. The smallest absolute Gasteiger partial charge is 0.216 e. The van der Waals surface area contributed by atoms with E-state index in [1.165, 1.54) is 0 Å². The molecule has 0 saturated carbocycles. The van der Waals surface area contributed by atoms with Crippen molar-refractivity contribution in [3.8, 4) is 0 Å². The Labute approximate surface area is 123 Å². The summed E-state index contributed by atoms with van der Waals surface area (Å²) in [6.07, 6.45) is 1.64. The van der Waals surface area contributed by atoms with Crippen LogP contribution >= 0.6 is 11.6 Å². The molecule has 20 heavy (non-hydrogen) atoms. The maximum absolute atomic E-state index is 12.1. The van der Waals surface area contributed by atoms with Gasteiger partial charge in [-0.1, -0.05) is 29.8 Å². The molecule has 4 nitrogen and oxygen atoms in total. The lowest BCUT2D eigenvalue weighted by molar-refractivity contribution is 0.563. The van der Waals surface area contributed by atoms with Gasteiger partial charge in [-0.05, 0) is 36.8 Å². The Hall–Kier alpha value is -1.43. The van der Waals surface area contributed by atoms with Crippen LogP contribution in [0.4, 0.5) is 0 Å². The van der Waals surface area contributed by atoms with Crippen molar-refractivity contribution in [2.75, 3.05) is 0 Å². The summed E-state index contributed by atoms with van der Waals surface area (Å²) in [6.45, 7) is 1.77. The Kier molecular flexibility index (Phi) is 4.75. The van der Waals surface area contributed by atoms with Crippen molar-refractivity contribution in [2.24, 2.45) is 0 Å². The quantitative estimate of drug-likeness (QED) is 0.923. The zero-order valence-corrected chi connectivity index (χ0v) is 12.5. The first-order valence-electron chi connectivity index (χ1n) is 6.12. The Morgan fingerprint density at radius 2 is 1.90 bits per heavy atom. The number of sulfonamides is 1. The first-order valence-corrected chi connectivity index (χ1v) is 8.15. The molecule has 0 fully saturated rings. The Morgan fingerprint density at radius 1 is 1.20 bits per heavy atom. The third kappa shape index (κ3) is 4.30. The average Bonchev–Trinajstić information content (AvgIpc) is 2.41. The number of nitrogens with one attached hydrogen (secondary N) is 1. The van der Waals surface area contributed by atoms with Crippen LogP contribution in [-0.2, 0) is 15.8 Å². The first-order chi connectivity index (χ1) is 9.46. The van der Waals surface area contributed by atoms with Gasteiger partial charge in [0.25, 0.3) is 0 Å². The van der Waals surface area contributed by atoms with E-state index < -0.39 is 10.0 Å². The van der Waals surface area contributed by atoms with Gasteiger partial charge in [-0.2, -0.15) is 0 Å². The minimum atomic E-state index is -3.43. The van der Waals surface area contributed by atoms with Gasteiger partial charge in [0.1, 0.15) is 0 Å². The van der Waals surface area contributed by atoms with E-state index in [0.29, 0.717) is 16.3 Å². The molecule has 0 amide bonds. The van der Waals surface area contributed by atoms with Gasteiger partial charge < -0.3 is 0 Å². The molecule has 0 aliphatic heterocycles. The molecule has 0 radical (unpaired) electrons.